The Balaban J connectivity index is 1.74. The molecule has 2 aromatic carbocycles. The minimum absolute atomic E-state index is 0.449. The topological polar surface area (TPSA) is 55.6 Å². The van der Waals surface area contributed by atoms with Crippen LogP contribution in [0.15, 0.2) is 72.6 Å². The zero-order valence-corrected chi connectivity index (χ0v) is 13.4. The van der Waals surface area contributed by atoms with Crippen molar-refractivity contribution < 1.29 is 9.66 Å². The maximum Gasteiger partial charge on any atom is 0.234 e. The number of rotatable bonds is 5. The average molecular weight is 322 g/mol. The lowest BCUT2D eigenvalue weighted by Gasteiger charge is -2.25. The molecule has 2 aromatic rings. The molecule has 1 aliphatic heterocycles. The number of hydrogen-bond acceptors (Lipinski definition) is 4. The zero-order chi connectivity index (χ0) is 16.9. The minimum atomic E-state index is -0.449. The highest BCUT2D eigenvalue weighted by Crippen LogP contribution is 2.31. The largest absolute Gasteiger partial charge is 0.489 e. The van der Waals surface area contributed by atoms with Crippen molar-refractivity contribution in [2.75, 3.05) is 11.9 Å². The molecule has 5 nitrogen and oxygen atoms in total. The minimum Gasteiger partial charge on any atom is -0.489 e. The molecule has 0 fully saturated rings. The molecule has 0 saturated carbocycles. The van der Waals surface area contributed by atoms with Gasteiger partial charge in [-0.15, -0.1) is 0 Å². The summed E-state index contributed by atoms with van der Waals surface area (Å²) in [6.45, 7) is 0.513. The van der Waals surface area contributed by atoms with Crippen LogP contribution in [0.2, 0.25) is 0 Å². The van der Waals surface area contributed by atoms with Crippen molar-refractivity contribution in [1.82, 2.24) is 0 Å². The van der Waals surface area contributed by atoms with Gasteiger partial charge in [0, 0.05) is 31.4 Å². The van der Waals surface area contributed by atoms with E-state index in [2.05, 4.69) is 0 Å². The Labute approximate surface area is 140 Å². The third-order valence-corrected chi connectivity index (χ3v) is 3.84. The standard InChI is InChI=1S/C19H18N2O3/c1-20-13-16(9-10-21(22)23)11-17-12-18(7-8-19(17)20)24-14-15-5-3-2-4-6-15/h2-10,12-13H,11,14H2,1H3/b10-9+. The second-order valence-electron chi connectivity index (χ2n) is 5.66. The normalized spacial score (nSPS) is 13.5. The molecule has 0 amide bonds. The van der Waals surface area contributed by atoms with Gasteiger partial charge >= 0.3 is 0 Å². The molecule has 0 aliphatic carbocycles. The van der Waals surface area contributed by atoms with Crippen molar-refractivity contribution in [3.63, 3.8) is 0 Å². The summed E-state index contributed by atoms with van der Waals surface area (Å²) >= 11 is 0. The van der Waals surface area contributed by atoms with Gasteiger partial charge in [-0.25, -0.2) is 0 Å². The number of ether oxygens (including phenoxy) is 1. The number of nitro groups is 1. The highest BCUT2D eigenvalue weighted by Gasteiger charge is 2.15. The van der Waals surface area contributed by atoms with Gasteiger partial charge in [0.15, 0.2) is 0 Å². The Bertz CT molecular complexity index is 798. The van der Waals surface area contributed by atoms with Gasteiger partial charge in [0.25, 0.3) is 0 Å². The number of hydrogen-bond donors (Lipinski definition) is 0. The molecule has 5 heteroatoms. The first kappa shape index (κ1) is 15.8. The van der Waals surface area contributed by atoms with E-state index in [-0.39, 0.29) is 0 Å². The van der Waals surface area contributed by atoms with Crippen molar-refractivity contribution in [2.24, 2.45) is 0 Å². The van der Waals surface area contributed by atoms with Gasteiger partial charge in [-0.05, 0) is 34.9 Å². The van der Waals surface area contributed by atoms with Gasteiger partial charge in [0.2, 0.25) is 6.20 Å². The molecule has 0 spiro atoms. The second kappa shape index (κ2) is 7.00. The first-order chi connectivity index (χ1) is 11.6. The molecular formula is C19H18N2O3. The van der Waals surface area contributed by atoms with Crippen LogP contribution in [0.4, 0.5) is 5.69 Å². The predicted octanol–water partition coefficient (Wildman–Crippen LogP) is 3.93. The molecule has 0 radical (unpaired) electrons. The molecule has 1 heterocycles. The lowest BCUT2D eigenvalue weighted by Crippen LogP contribution is -2.16. The summed E-state index contributed by atoms with van der Waals surface area (Å²) in [7, 11) is 1.93. The van der Waals surface area contributed by atoms with Crippen molar-refractivity contribution in [3.8, 4) is 5.75 Å². The summed E-state index contributed by atoms with van der Waals surface area (Å²) in [4.78, 5) is 12.0. The third kappa shape index (κ3) is 3.81. The molecule has 0 saturated heterocycles. The van der Waals surface area contributed by atoms with Crippen LogP contribution in [0.25, 0.3) is 0 Å². The van der Waals surface area contributed by atoms with E-state index in [1.54, 1.807) is 0 Å². The van der Waals surface area contributed by atoms with E-state index in [4.69, 9.17) is 4.74 Å². The number of anilines is 1. The monoisotopic (exact) mass is 322 g/mol. The van der Waals surface area contributed by atoms with Crippen molar-refractivity contribution in [2.45, 2.75) is 13.0 Å². The van der Waals surface area contributed by atoms with Crippen LogP contribution >= 0.6 is 0 Å². The number of fused-ring (bicyclic) bond motifs is 1. The van der Waals surface area contributed by atoms with Gasteiger partial charge in [0.05, 0.1) is 4.92 Å². The molecule has 122 valence electrons. The van der Waals surface area contributed by atoms with Crippen LogP contribution < -0.4 is 9.64 Å². The zero-order valence-electron chi connectivity index (χ0n) is 13.4. The Hall–Kier alpha value is -3.08. The van der Waals surface area contributed by atoms with E-state index in [9.17, 15) is 10.1 Å². The summed E-state index contributed by atoms with van der Waals surface area (Å²) in [5.74, 6) is 0.797. The van der Waals surface area contributed by atoms with Crippen LogP contribution in [0.1, 0.15) is 11.1 Å². The fourth-order valence-corrected chi connectivity index (χ4v) is 2.72. The number of allylic oxidation sites excluding steroid dienone is 2. The maximum absolute atomic E-state index is 10.5. The van der Waals surface area contributed by atoms with E-state index in [1.165, 1.54) is 6.08 Å². The highest BCUT2D eigenvalue weighted by atomic mass is 16.6. The van der Waals surface area contributed by atoms with E-state index < -0.39 is 4.92 Å². The van der Waals surface area contributed by atoms with Crippen molar-refractivity contribution in [3.05, 3.63) is 93.8 Å². The van der Waals surface area contributed by atoms with Crippen LogP contribution in [0, 0.1) is 10.1 Å². The highest BCUT2D eigenvalue weighted by molar-refractivity contribution is 5.62. The van der Waals surface area contributed by atoms with Crippen molar-refractivity contribution >= 4 is 5.69 Å². The molecule has 0 unspecified atom stereocenters. The van der Waals surface area contributed by atoms with Gasteiger partial charge < -0.3 is 9.64 Å². The molecule has 0 atom stereocenters. The predicted molar refractivity (Wildman–Crippen MR) is 93.5 cm³/mol. The Morgan fingerprint density at radius 2 is 2.04 bits per heavy atom. The molecular weight excluding hydrogens is 304 g/mol. The molecule has 0 bridgehead atoms. The molecule has 1 aliphatic rings. The lowest BCUT2D eigenvalue weighted by molar-refractivity contribution is -0.402. The summed E-state index contributed by atoms with van der Waals surface area (Å²) in [5.41, 5.74) is 4.18. The molecule has 0 aromatic heterocycles. The Morgan fingerprint density at radius 3 is 2.79 bits per heavy atom. The molecule has 0 N–H and O–H groups in total. The van der Waals surface area contributed by atoms with E-state index in [0.29, 0.717) is 13.0 Å². The van der Waals surface area contributed by atoms with E-state index in [0.717, 1.165) is 34.3 Å². The summed E-state index contributed by atoms with van der Waals surface area (Å²) < 4.78 is 5.86. The first-order valence-electron chi connectivity index (χ1n) is 7.67. The van der Waals surface area contributed by atoms with Crippen LogP contribution in [0.5, 0.6) is 5.75 Å². The van der Waals surface area contributed by atoms with Gasteiger partial charge in [0.1, 0.15) is 12.4 Å². The Kier molecular flexibility index (Phi) is 4.61. The van der Waals surface area contributed by atoms with Crippen LogP contribution in [-0.2, 0) is 13.0 Å². The second-order valence-corrected chi connectivity index (χ2v) is 5.66. The quantitative estimate of drug-likeness (QED) is 0.618. The van der Waals surface area contributed by atoms with Gasteiger partial charge in [-0.2, -0.15) is 0 Å². The van der Waals surface area contributed by atoms with Crippen molar-refractivity contribution in [1.29, 1.82) is 0 Å². The smallest absolute Gasteiger partial charge is 0.234 e. The molecule has 24 heavy (non-hydrogen) atoms. The maximum atomic E-state index is 10.5. The first-order valence-corrected chi connectivity index (χ1v) is 7.67. The van der Waals surface area contributed by atoms with Crippen LogP contribution in [-0.4, -0.2) is 12.0 Å². The van der Waals surface area contributed by atoms with E-state index in [1.807, 2.05) is 66.7 Å². The Morgan fingerprint density at radius 1 is 1.25 bits per heavy atom. The van der Waals surface area contributed by atoms with Gasteiger partial charge in [-0.3, -0.25) is 10.1 Å². The summed E-state index contributed by atoms with van der Waals surface area (Å²) in [6, 6.07) is 16.0. The average Bonchev–Trinajstić information content (AvgIpc) is 2.59. The lowest BCUT2D eigenvalue weighted by atomic mass is 9.99. The fraction of sp³-hybridized carbons (Fsp3) is 0.158. The SMILES string of the molecule is CN1C=C(/C=C/[N+](=O)[O-])Cc2cc(OCc3ccccc3)ccc21. The summed E-state index contributed by atoms with van der Waals surface area (Å²) in [6.07, 6.45) is 5.07. The number of benzene rings is 2. The molecule has 3 rings (SSSR count). The van der Waals surface area contributed by atoms with Crippen LogP contribution in [0.3, 0.4) is 0 Å². The third-order valence-electron chi connectivity index (χ3n) is 3.84. The van der Waals surface area contributed by atoms with Gasteiger partial charge in [-0.1, -0.05) is 30.3 Å². The summed E-state index contributed by atoms with van der Waals surface area (Å²) in [5, 5.41) is 10.5. The number of nitrogens with zero attached hydrogens (tertiary/aromatic N) is 2. The fourth-order valence-electron chi connectivity index (χ4n) is 2.72. The van der Waals surface area contributed by atoms with E-state index >= 15 is 0 Å².